The topological polar surface area (TPSA) is 81.3 Å². The van der Waals surface area contributed by atoms with Gasteiger partial charge >= 0.3 is 5.69 Å². The molecule has 1 N–H and O–H groups in total. The monoisotopic (exact) mass is 471 g/mol. The average molecular weight is 472 g/mol. The molecular weight excluding hydrogens is 442 g/mol. The van der Waals surface area contributed by atoms with E-state index in [1.807, 2.05) is 75.3 Å². The zero-order valence-electron chi connectivity index (χ0n) is 20.6. The first-order chi connectivity index (χ1) is 16.7. The summed E-state index contributed by atoms with van der Waals surface area (Å²) in [6.45, 7) is 3.86. The minimum atomic E-state index is -0.412. The van der Waals surface area contributed by atoms with Crippen LogP contribution in [0.3, 0.4) is 0 Å². The van der Waals surface area contributed by atoms with Gasteiger partial charge in [0.05, 0.1) is 11.4 Å². The molecular formula is C27H29N5O3. The number of fused-ring (bicyclic) bond motifs is 1. The third-order valence-electron chi connectivity index (χ3n) is 6.69. The Labute approximate surface area is 202 Å². The molecule has 1 aliphatic carbocycles. The highest BCUT2D eigenvalue weighted by molar-refractivity contribution is 5.91. The zero-order chi connectivity index (χ0) is 25.0. The first-order valence-electron chi connectivity index (χ1n) is 11.7. The lowest BCUT2D eigenvalue weighted by atomic mass is 10.1. The van der Waals surface area contributed by atoms with Gasteiger partial charge in [0.2, 0.25) is 0 Å². The molecule has 8 nitrogen and oxygen atoms in total. The molecule has 1 saturated carbocycles. The summed E-state index contributed by atoms with van der Waals surface area (Å²) in [5, 5.41) is 3.59. The van der Waals surface area contributed by atoms with E-state index < -0.39 is 5.69 Å². The molecule has 2 aromatic carbocycles. The van der Waals surface area contributed by atoms with Crippen molar-refractivity contribution in [3.8, 4) is 5.69 Å². The van der Waals surface area contributed by atoms with Gasteiger partial charge in [-0.05, 0) is 62.1 Å². The lowest BCUT2D eigenvalue weighted by Gasteiger charge is -2.21. The van der Waals surface area contributed by atoms with Gasteiger partial charge in [-0.2, -0.15) is 0 Å². The number of benzene rings is 2. The van der Waals surface area contributed by atoms with Gasteiger partial charge in [0, 0.05) is 44.6 Å². The van der Waals surface area contributed by atoms with Crippen LogP contribution in [-0.4, -0.2) is 27.8 Å². The van der Waals surface area contributed by atoms with Crippen molar-refractivity contribution < 1.29 is 0 Å². The molecule has 0 aliphatic heterocycles. The van der Waals surface area contributed by atoms with Crippen molar-refractivity contribution >= 4 is 28.1 Å². The molecule has 8 heteroatoms. The average Bonchev–Trinajstić information content (AvgIpc) is 3.64. The van der Waals surface area contributed by atoms with E-state index in [1.165, 1.54) is 15.2 Å². The number of hydrogen-bond acceptors (Lipinski definition) is 5. The smallest absolute Gasteiger partial charge is 0.337 e. The van der Waals surface area contributed by atoms with Crippen LogP contribution in [0.25, 0.3) is 16.7 Å². The Hall–Kier alpha value is -4.07. The van der Waals surface area contributed by atoms with E-state index in [9.17, 15) is 14.4 Å². The molecule has 1 aliphatic rings. The Bertz CT molecular complexity index is 1620. The molecule has 2 heterocycles. The van der Waals surface area contributed by atoms with Crippen molar-refractivity contribution in [3.05, 3.63) is 90.8 Å². The number of aromatic nitrogens is 3. The predicted octanol–water partition coefficient (Wildman–Crippen LogP) is 3.61. The molecule has 0 saturated heterocycles. The molecule has 0 radical (unpaired) electrons. The maximum atomic E-state index is 13.8. The second kappa shape index (κ2) is 8.30. The standard InChI is InChI=1S/C27H29N5O3/c1-16-7-6-8-17(2)24(16)32-25-23(26(34)31(27(32)35)20-13-14-20)21(15-22(33)30(25)5)28-18-9-11-19(12-10-18)29(3)4/h6-12,15,20,28H,13-14H2,1-5H3. The first kappa shape index (κ1) is 22.7. The Morgan fingerprint density at radius 1 is 0.943 bits per heavy atom. The zero-order valence-corrected chi connectivity index (χ0v) is 20.6. The van der Waals surface area contributed by atoms with Crippen LogP contribution in [0, 0.1) is 13.8 Å². The van der Waals surface area contributed by atoms with Crippen LogP contribution in [0.2, 0.25) is 0 Å². The first-order valence-corrected chi connectivity index (χ1v) is 11.7. The summed E-state index contributed by atoms with van der Waals surface area (Å²) in [4.78, 5) is 42.7. The van der Waals surface area contributed by atoms with Crippen molar-refractivity contribution in [3.63, 3.8) is 0 Å². The number of pyridine rings is 1. The van der Waals surface area contributed by atoms with Crippen LogP contribution in [0.15, 0.2) is 62.9 Å². The summed E-state index contributed by atoms with van der Waals surface area (Å²) in [6, 6.07) is 14.8. The summed E-state index contributed by atoms with van der Waals surface area (Å²) in [5.74, 6) is 0. The summed E-state index contributed by atoms with van der Waals surface area (Å²) in [6.07, 6.45) is 1.57. The van der Waals surface area contributed by atoms with Crippen molar-refractivity contribution in [1.82, 2.24) is 13.7 Å². The third kappa shape index (κ3) is 3.75. The molecule has 5 rings (SSSR count). The molecule has 0 atom stereocenters. The fourth-order valence-corrected chi connectivity index (χ4v) is 4.67. The number of rotatable bonds is 5. The minimum absolute atomic E-state index is 0.126. The summed E-state index contributed by atoms with van der Waals surface area (Å²) < 4.78 is 4.29. The Balaban J connectivity index is 1.87. The predicted molar refractivity (Wildman–Crippen MR) is 141 cm³/mol. The Kier molecular flexibility index (Phi) is 5.39. The van der Waals surface area contributed by atoms with E-state index in [4.69, 9.17) is 0 Å². The quantitative estimate of drug-likeness (QED) is 0.481. The van der Waals surface area contributed by atoms with Crippen LogP contribution in [-0.2, 0) is 7.05 Å². The third-order valence-corrected chi connectivity index (χ3v) is 6.69. The number of nitrogens with one attached hydrogen (secondary N) is 1. The van der Waals surface area contributed by atoms with Crippen molar-refractivity contribution in [2.24, 2.45) is 7.05 Å². The van der Waals surface area contributed by atoms with Crippen LogP contribution >= 0.6 is 0 Å². The second-order valence-corrected chi connectivity index (χ2v) is 9.48. The van der Waals surface area contributed by atoms with Gasteiger partial charge in [-0.1, -0.05) is 18.2 Å². The summed E-state index contributed by atoms with van der Waals surface area (Å²) >= 11 is 0. The van der Waals surface area contributed by atoms with Gasteiger partial charge < -0.3 is 10.2 Å². The number of anilines is 3. The van der Waals surface area contributed by atoms with Crippen LogP contribution < -0.4 is 27.0 Å². The van der Waals surface area contributed by atoms with Crippen molar-refractivity contribution in [2.45, 2.75) is 32.7 Å². The SMILES string of the molecule is Cc1cccc(C)c1-n1c(=O)n(C2CC2)c(=O)c2c(Nc3ccc(N(C)C)cc3)cc(=O)n(C)c21. The van der Waals surface area contributed by atoms with Gasteiger partial charge in [-0.25, -0.2) is 9.36 Å². The Morgan fingerprint density at radius 2 is 1.57 bits per heavy atom. The van der Waals surface area contributed by atoms with E-state index in [1.54, 1.807) is 11.6 Å². The Morgan fingerprint density at radius 3 is 2.14 bits per heavy atom. The number of nitrogens with zero attached hydrogens (tertiary/aromatic N) is 4. The van der Waals surface area contributed by atoms with Crippen LogP contribution in [0.4, 0.5) is 17.1 Å². The van der Waals surface area contributed by atoms with Gasteiger partial charge in [0.15, 0.2) is 0 Å². The van der Waals surface area contributed by atoms with E-state index in [2.05, 4.69) is 5.32 Å². The number of aryl methyl sites for hydroxylation is 3. The van der Waals surface area contributed by atoms with Gasteiger partial charge in [0.25, 0.3) is 11.1 Å². The lowest BCUT2D eigenvalue weighted by molar-refractivity contribution is 0.636. The van der Waals surface area contributed by atoms with Gasteiger partial charge in [-0.3, -0.25) is 18.7 Å². The highest BCUT2D eigenvalue weighted by atomic mass is 16.2. The second-order valence-electron chi connectivity index (χ2n) is 9.48. The van der Waals surface area contributed by atoms with Gasteiger partial charge in [-0.15, -0.1) is 0 Å². The van der Waals surface area contributed by atoms with Crippen LogP contribution in [0.1, 0.15) is 30.0 Å². The molecule has 1 fully saturated rings. The highest BCUT2D eigenvalue weighted by Crippen LogP contribution is 2.34. The molecule has 0 spiro atoms. The number of para-hydroxylation sites is 1. The van der Waals surface area contributed by atoms with E-state index in [0.717, 1.165) is 35.3 Å². The maximum Gasteiger partial charge on any atom is 0.337 e. The fraction of sp³-hybridized carbons (Fsp3) is 0.296. The van der Waals surface area contributed by atoms with E-state index in [0.29, 0.717) is 16.8 Å². The van der Waals surface area contributed by atoms with Crippen molar-refractivity contribution in [2.75, 3.05) is 24.3 Å². The molecule has 180 valence electrons. The molecule has 0 bridgehead atoms. The lowest BCUT2D eigenvalue weighted by Crippen LogP contribution is -2.41. The minimum Gasteiger partial charge on any atom is -0.378 e. The van der Waals surface area contributed by atoms with E-state index >= 15 is 0 Å². The normalized spacial score (nSPS) is 13.3. The van der Waals surface area contributed by atoms with Crippen LogP contribution in [0.5, 0.6) is 0 Å². The molecule has 2 aromatic heterocycles. The molecule has 0 unspecified atom stereocenters. The fourth-order valence-electron chi connectivity index (χ4n) is 4.67. The van der Waals surface area contributed by atoms with Gasteiger partial charge in [0.1, 0.15) is 11.0 Å². The summed E-state index contributed by atoms with van der Waals surface area (Å²) in [5.41, 5.74) is 3.82. The van der Waals surface area contributed by atoms with E-state index in [-0.39, 0.29) is 22.8 Å². The number of hydrogen-bond donors (Lipinski definition) is 1. The van der Waals surface area contributed by atoms with Crippen molar-refractivity contribution in [1.29, 1.82) is 0 Å². The molecule has 0 amide bonds. The molecule has 4 aromatic rings. The maximum absolute atomic E-state index is 13.8. The highest BCUT2D eigenvalue weighted by Gasteiger charge is 2.31. The summed E-state index contributed by atoms with van der Waals surface area (Å²) in [7, 11) is 5.53. The molecule has 35 heavy (non-hydrogen) atoms. The largest absolute Gasteiger partial charge is 0.378 e.